The van der Waals surface area contributed by atoms with Crippen molar-refractivity contribution in [2.24, 2.45) is 0 Å². The van der Waals surface area contributed by atoms with Crippen LogP contribution in [0, 0.1) is 0 Å². The molecule has 0 saturated heterocycles. The number of imidazole rings is 1. The van der Waals surface area contributed by atoms with Gasteiger partial charge in [0.2, 0.25) is 6.33 Å². The molecule has 0 spiro atoms. The third-order valence-corrected chi connectivity index (χ3v) is 4.87. The van der Waals surface area contributed by atoms with E-state index < -0.39 is 0 Å². The molecule has 4 rings (SSSR count). The number of aromatic nitrogens is 3. The van der Waals surface area contributed by atoms with Crippen LogP contribution in [0.3, 0.4) is 0 Å². The van der Waals surface area contributed by atoms with Crippen LogP contribution in [0.4, 0.5) is 0 Å². The van der Waals surface area contributed by atoms with E-state index in [1.165, 1.54) is 0 Å². The van der Waals surface area contributed by atoms with Gasteiger partial charge in [0.15, 0.2) is 18.9 Å². The molecule has 0 saturated carbocycles. The lowest BCUT2D eigenvalue weighted by Gasteiger charge is -2.07. The maximum Gasteiger partial charge on any atom is 0.569 e. The van der Waals surface area contributed by atoms with Crippen molar-refractivity contribution in [3.05, 3.63) is 103 Å². The Morgan fingerprint density at radius 2 is 1.26 bits per heavy atom. The molecule has 2 aromatic heterocycles. The molecule has 0 amide bonds. The van der Waals surface area contributed by atoms with Crippen LogP contribution in [0.1, 0.15) is 11.1 Å². The first-order valence-corrected chi connectivity index (χ1v) is 9.74. The van der Waals surface area contributed by atoms with Crippen LogP contribution in [0.25, 0.3) is 5.69 Å². The Morgan fingerprint density at radius 1 is 0.710 bits per heavy atom. The fourth-order valence-electron chi connectivity index (χ4n) is 3.37. The SMILES string of the molecule is O[B]Oc1ccccc1C[n+]1ccc(-n2cc[n+](Cc3ccccc3O[B]O)c2)cc1. The number of benzene rings is 2. The average molecular weight is 413 g/mol. The molecule has 0 aliphatic carbocycles. The Labute approximate surface area is 182 Å². The van der Waals surface area contributed by atoms with E-state index in [1.54, 1.807) is 0 Å². The standard InChI is InChI=1S/C22H21B2N3O4/c28-23-30-21-7-3-1-5-18(21)15-25-11-9-20(10-12-25)27-14-13-26(17-27)16-19-6-2-4-8-22(19)31-24-29/h1-14,17,28-29H,15-16H2/q+2. The number of para-hydroxylation sites is 2. The van der Waals surface area contributed by atoms with E-state index >= 15 is 0 Å². The lowest BCUT2D eigenvalue weighted by atomic mass is 10.2. The van der Waals surface area contributed by atoms with Gasteiger partial charge in [-0.25, -0.2) is 13.7 Å². The first-order valence-electron chi connectivity index (χ1n) is 9.74. The van der Waals surface area contributed by atoms with E-state index in [-0.39, 0.29) is 0 Å². The Bertz CT molecular complexity index is 1140. The van der Waals surface area contributed by atoms with Gasteiger partial charge >= 0.3 is 15.4 Å². The molecule has 0 bridgehead atoms. The van der Waals surface area contributed by atoms with Gasteiger partial charge in [0.05, 0.1) is 5.56 Å². The predicted molar refractivity (Wildman–Crippen MR) is 114 cm³/mol. The van der Waals surface area contributed by atoms with Crippen molar-refractivity contribution in [3.63, 3.8) is 0 Å². The summed E-state index contributed by atoms with van der Waals surface area (Å²) in [4.78, 5) is 0. The lowest BCUT2D eigenvalue weighted by Crippen LogP contribution is -2.33. The third-order valence-electron chi connectivity index (χ3n) is 4.87. The van der Waals surface area contributed by atoms with Gasteiger partial charge in [-0.3, -0.25) is 0 Å². The zero-order chi connectivity index (χ0) is 21.5. The summed E-state index contributed by atoms with van der Waals surface area (Å²) in [6, 6.07) is 19.2. The fraction of sp³-hybridized carbons (Fsp3) is 0.0909. The molecule has 31 heavy (non-hydrogen) atoms. The molecule has 9 heteroatoms. The van der Waals surface area contributed by atoms with E-state index in [4.69, 9.17) is 19.4 Å². The van der Waals surface area contributed by atoms with Crippen molar-refractivity contribution < 1.29 is 28.5 Å². The van der Waals surface area contributed by atoms with Gasteiger partial charge in [-0.1, -0.05) is 30.3 Å². The molecule has 0 unspecified atom stereocenters. The first kappa shape index (κ1) is 20.7. The second-order valence-corrected chi connectivity index (χ2v) is 6.88. The predicted octanol–water partition coefficient (Wildman–Crippen LogP) is 0.960. The number of pyridine rings is 1. The highest BCUT2D eigenvalue weighted by Gasteiger charge is 2.13. The van der Waals surface area contributed by atoms with E-state index in [2.05, 4.69) is 0 Å². The number of rotatable bonds is 9. The average Bonchev–Trinajstić information content (AvgIpc) is 3.26. The first-order chi connectivity index (χ1) is 15.3. The smallest absolute Gasteiger partial charge is 0.537 e. The molecule has 4 aromatic rings. The maximum atomic E-state index is 8.94. The Kier molecular flexibility index (Phi) is 6.66. The summed E-state index contributed by atoms with van der Waals surface area (Å²) in [6.07, 6.45) is 9.97. The molecule has 2 heterocycles. The summed E-state index contributed by atoms with van der Waals surface area (Å²) in [5.74, 6) is 1.24. The molecule has 0 aliphatic rings. The molecule has 0 fully saturated rings. The normalized spacial score (nSPS) is 10.5. The van der Waals surface area contributed by atoms with Crippen molar-refractivity contribution >= 4 is 15.4 Å². The molecular formula is C22H21B2N3O4+2. The summed E-state index contributed by atoms with van der Waals surface area (Å²) in [5.41, 5.74) is 2.95. The van der Waals surface area contributed by atoms with Gasteiger partial charge in [-0.15, -0.1) is 0 Å². The third kappa shape index (κ3) is 5.14. The molecule has 2 radical (unpaired) electrons. The van der Waals surface area contributed by atoms with E-state index in [9.17, 15) is 0 Å². The van der Waals surface area contributed by atoms with Gasteiger partial charge in [0.25, 0.3) is 0 Å². The van der Waals surface area contributed by atoms with Crippen molar-refractivity contribution in [2.75, 3.05) is 0 Å². The minimum Gasteiger partial charge on any atom is -0.537 e. The maximum absolute atomic E-state index is 8.94. The van der Waals surface area contributed by atoms with Gasteiger partial charge in [-0.2, -0.15) is 0 Å². The molecular weight excluding hydrogens is 392 g/mol. The lowest BCUT2D eigenvalue weighted by molar-refractivity contribution is -0.688. The molecule has 0 atom stereocenters. The monoisotopic (exact) mass is 413 g/mol. The largest absolute Gasteiger partial charge is 0.569 e. The highest BCUT2D eigenvalue weighted by atomic mass is 16.5. The van der Waals surface area contributed by atoms with Gasteiger partial charge in [0.1, 0.15) is 36.1 Å². The number of nitrogens with zero attached hydrogens (tertiary/aromatic N) is 3. The summed E-state index contributed by atoms with van der Waals surface area (Å²) in [7, 11) is 1.39. The quantitative estimate of drug-likeness (QED) is 0.317. The number of hydrogen-bond donors (Lipinski definition) is 2. The van der Waals surface area contributed by atoms with E-state index in [0.717, 1.165) is 16.8 Å². The van der Waals surface area contributed by atoms with E-state index in [0.29, 0.717) is 40.0 Å². The molecule has 2 aromatic carbocycles. The molecule has 0 aliphatic heterocycles. The number of hydrogen-bond acceptors (Lipinski definition) is 4. The van der Waals surface area contributed by atoms with Crippen LogP contribution >= 0.6 is 0 Å². The van der Waals surface area contributed by atoms with Crippen LogP contribution in [-0.4, -0.2) is 30.0 Å². The summed E-state index contributed by atoms with van der Waals surface area (Å²) in [5, 5.41) is 17.9. The zero-order valence-corrected chi connectivity index (χ0v) is 16.8. The van der Waals surface area contributed by atoms with Gasteiger partial charge in [0, 0.05) is 17.7 Å². The zero-order valence-electron chi connectivity index (χ0n) is 16.8. The minimum absolute atomic E-state index is 0.614. The van der Waals surface area contributed by atoms with E-state index in [1.807, 2.05) is 105 Å². The minimum atomic E-state index is 0.614. The topological polar surface area (TPSA) is 71.6 Å². The second-order valence-electron chi connectivity index (χ2n) is 6.88. The molecule has 2 N–H and O–H groups in total. The van der Waals surface area contributed by atoms with Crippen molar-refractivity contribution in [1.29, 1.82) is 0 Å². The van der Waals surface area contributed by atoms with Crippen LogP contribution < -0.4 is 18.4 Å². The summed E-state index contributed by atoms with van der Waals surface area (Å²) < 4.78 is 16.4. The Morgan fingerprint density at radius 3 is 1.84 bits per heavy atom. The van der Waals surface area contributed by atoms with Crippen molar-refractivity contribution in [3.8, 4) is 17.2 Å². The highest BCUT2D eigenvalue weighted by Crippen LogP contribution is 2.18. The summed E-state index contributed by atoms with van der Waals surface area (Å²) >= 11 is 0. The van der Waals surface area contributed by atoms with Crippen molar-refractivity contribution in [1.82, 2.24) is 4.57 Å². The van der Waals surface area contributed by atoms with Gasteiger partial charge < -0.3 is 19.4 Å². The molecule has 7 nitrogen and oxygen atoms in total. The van der Waals surface area contributed by atoms with Crippen LogP contribution in [0.15, 0.2) is 91.8 Å². The van der Waals surface area contributed by atoms with Crippen molar-refractivity contribution in [2.45, 2.75) is 13.1 Å². The Hall–Kier alpha value is -3.55. The highest BCUT2D eigenvalue weighted by molar-refractivity contribution is 6.17. The van der Waals surface area contributed by atoms with Crippen LogP contribution in [0.5, 0.6) is 11.5 Å². The fourth-order valence-corrected chi connectivity index (χ4v) is 3.37. The second kappa shape index (κ2) is 9.97. The summed E-state index contributed by atoms with van der Waals surface area (Å²) in [6.45, 7) is 1.23. The Balaban J connectivity index is 1.47. The van der Waals surface area contributed by atoms with Crippen LogP contribution in [0.2, 0.25) is 0 Å². The molecule has 152 valence electrons. The van der Waals surface area contributed by atoms with Crippen LogP contribution in [-0.2, 0) is 13.1 Å². The van der Waals surface area contributed by atoms with Gasteiger partial charge in [-0.05, 0) is 18.2 Å².